The van der Waals surface area contributed by atoms with Gasteiger partial charge >= 0.3 is 0 Å². The fourth-order valence-corrected chi connectivity index (χ4v) is 3.84. The predicted molar refractivity (Wildman–Crippen MR) is 95.2 cm³/mol. The summed E-state index contributed by atoms with van der Waals surface area (Å²) >= 11 is 1.65. The summed E-state index contributed by atoms with van der Waals surface area (Å²) in [6.45, 7) is 2.88. The molecule has 4 nitrogen and oxygen atoms in total. The lowest BCUT2D eigenvalue weighted by Gasteiger charge is -2.28. The van der Waals surface area contributed by atoms with E-state index in [-0.39, 0.29) is 17.6 Å². The van der Waals surface area contributed by atoms with Crippen LogP contribution in [0.5, 0.6) is 0 Å². The van der Waals surface area contributed by atoms with Crippen LogP contribution in [-0.2, 0) is 11.3 Å². The molecular weight excluding hydrogens is 320 g/mol. The van der Waals surface area contributed by atoms with Crippen LogP contribution >= 0.6 is 11.3 Å². The minimum Gasteiger partial charge on any atom is -0.346 e. The van der Waals surface area contributed by atoms with Crippen molar-refractivity contribution in [2.24, 2.45) is 5.92 Å². The van der Waals surface area contributed by atoms with Crippen molar-refractivity contribution in [1.82, 2.24) is 5.32 Å². The van der Waals surface area contributed by atoms with Gasteiger partial charge in [0.25, 0.3) is 5.91 Å². The van der Waals surface area contributed by atoms with Gasteiger partial charge in [-0.1, -0.05) is 36.4 Å². The Labute approximate surface area is 146 Å². The Bertz CT molecular complexity index is 662. The van der Waals surface area contributed by atoms with Crippen LogP contribution in [0.3, 0.4) is 0 Å². The summed E-state index contributed by atoms with van der Waals surface area (Å²) in [4.78, 5) is 27.0. The van der Waals surface area contributed by atoms with Gasteiger partial charge in [0.05, 0.1) is 19.6 Å². The molecular formula is C19H23N2O2S+. The summed E-state index contributed by atoms with van der Waals surface area (Å²) in [6.07, 6.45) is 1.72. The van der Waals surface area contributed by atoms with Crippen LogP contribution in [0.15, 0.2) is 47.8 Å². The molecule has 126 valence electrons. The molecule has 0 unspecified atom stereocenters. The quantitative estimate of drug-likeness (QED) is 0.782. The first-order chi connectivity index (χ1) is 11.7. The fraction of sp³-hybridized carbons (Fsp3) is 0.368. The molecule has 1 amide bonds. The van der Waals surface area contributed by atoms with Gasteiger partial charge in [-0.05, 0) is 11.4 Å². The third kappa shape index (κ3) is 4.52. The molecule has 1 aliphatic heterocycles. The largest absolute Gasteiger partial charge is 0.346 e. The third-order valence-corrected chi connectivity index (χ3v) is 5.45. The first-order valence-electron chi connectivity index (χ1n) is 8.44. The normalized spacial score (nSPS) is 20.5. The summed E-state index contributed by atoms with van der Waals surface area (Å²) in [5, 5.41) is 4.99. The van der Waals surface area contributed by atoms with Crippen LogP contribution in [0, 0.1) is 5.92 Å². The molecule has 1 fully saturated rings. The average molecular weight is 343 g/mol. The summed E-state index contributed by atoms with van der Waals surface area (Å²) in [5.74, 6) is 0.438. The van der Waals surface area contributed by atoms with E-state index >= 15 is 0 Å². The fourth-order valence-electron chi connectivity index (χ4n) is 3.19. The lowest BCUT2D eigenvalue weighted by Crippen LogP contribution is -3.14. The first kappa shape index (κ1) is 16.9. The predicted octanol–water partition coefficient (Wildman–Crippen LogP) is 1.54. The Balaban J connectivity index is 1.42. The smallest absolute Gasteiger partial charge is 0.275 e. The maximum atomic E-state index is 12.5. The van der Waals surface area contributed by atoms with E-state index in [9.17, 15) is 9.59 Å². The number of hydrogen-bond donors (Lipinski definition) is 2. The number of ketones is 1. The summed E-state index contributed by atoms with van der Waals surface area (Å²) < 4.78 is 0. The Morgan fingerprint density at radius 1 is 1.08 bits per heavy atom. The number of carbonyl (C=O) groups is 2. The second-order valence-electron chi connectivity index (χ2n) is 6.29. The monoisotopic (exact) mass is 343 g/mol. The second kappa shape index (κ2) is 8.22. The molecule has 2 aromatic rings. The number of nitrogens with one attached hydrogen (secondary N) is 2. The van der Waals surface area contributed by atoms with Gasteiger partial charge in [-0.3, -0.25) is 9.59 Å². The number of thiophene rings is 1. The van der Waals surface area contributed by atoms with Crippen LogP contribution in [0.1, 0.15) is 28.1 Å². The van der Waals surface area contributed by atoms with Gasteiger partial charge in [0, 0.05) is 29.2 Å². The lowest BCUT2D eigenvalue weighted by molar-refractivity contribution is -0.897. The van der Waals surface area contributed by atoms with E-state index in [1.807, 2.05) is 47.8 Å². The van der Waals surface area contributed by atoms with Crippen LogP contribution in [0.4, 0.5) is 0 Å². The zero-order valence-corrected chi connectivity index (χ0v) is 14.5. The number of benzene rings is 1. The van der Waals surface area contributed by atoms with E-state index in [2.05, 4.69) is 5.32 Å². The van der Waals surface area contributed by atoms with Crippen molar-refractivity contribution in [2.75, 3.05) is 19.6 Å². The molecule has 0 atom stereocenters. The van der Waals surface area contributed by atoms with Gasteiger partial charge in [-0.15, -0.1) is 11.3 Å². The van der Waals surface area contributed by atoms with Crippen LogP contribution in [0.25, 0.3) is 0 Å². The standard InChI is InChI=1S/C19H22N2O2S/c22-18(20-13-17-7-4-12-24-17)14-21-10-8-16(9-11-21)19(23)15-5-2-1-3-6-15/h1-7,12,16H,8-11,13-14H2,(H,20,22)/p+1. The molecule has 3 rings (SSSR count). The number of likely N-dealkylation sites (tertiary alicyclic amines) is 1. The van der Waals surface area contributed by atoms with Gasteiger partial charge in [-0.25, -0.2) is 0 Å². The summed E-state index contributed by atoms with van der Waals surface area (Å²) in [5.41, 5.74) is 0.805. The van der Waals surface area contributed by atoms with E-state index in [0.29, 0.717) is 13.1 Å². The van der Waals surface area contributed by atoms with Crippen LogP contribution in [0.2, 0.25) is 0 Å². The molecule has 5 heteroatoms. The maximum Gasteiger partial charge on any atom is 0.275 e. The highest BCUT2D eigenvalue weighted by Crippen LogP contribution is 2.16. The highest BCUT2D eigenvalue weighted by molar-refractivity contribution is 7.09. The molecule has 0 bridgehead atoms. The van der Waals surface area contributed by atoms with Gasteiger partial charge in [0.2, 0.25) is 0 Å². The molecule has 2 N–H and O–H groups in total. The van der Waals surface area contributed by atoms with E-state index in [4.69, 9.17) is 0 Å². The van der Waals surface area contributed by atoms with Crippen molar-refractivity contribution >= 4 is 23.0 Å². The number of hydrogen-bond acceptors (Lipinski definition) is 3. The van der Waals surface area contributed by atoms with Gasteiger partial charge in [-0.2, -0.15) is 0 Å². The first-order valence-corrected chi connectivity index (χ1v) is 9.32. The van der Waals surface area contributed by atoms with Crippen molar-refractivity contribution in [3.8, 4) is 0 Å². The summed E-state index contributed by atoms with van der Waals surface area (Å²) in [6, 6.07) is 13.5. The molecule has 1 aromatic heterocycles. The van der Waals surface area contributed by atoms with Crippen molar-refractivity contribution in [3.63, 3.8) is 0 Å². The topological polar surface area (TPSA) is 50.6 Å². The van der Waals surface area contributed by atoms with Gasteiger partial charge in [0.15, 0.2) is 12.3 Å². The number of carbonyl (C=O) groups excluding carboxylic acids is 2. The SMILES string of the molecule is O=C(C[NH+]1CCC(C(=O)c2ccccc2)CC1)NCc1cccs1. The zero-order chi connectivity index (χ0) is 16.8. The van der Waals surface area contributed by atoms with E-state index < -0.39 is 0 Å². The number of rotatable bonds is 6. The third-order valence-electron chi connectivity index (χ3n) is 4.57. The van der Waals surface area contributed by atoms with Crippen molar-refractivity contribution < 1.29 is 14.5 Å². The average Bonchev–Trinajstić information content (AvgIpc) is 3.14. The molecule has 0 spiro atoms. The highest BCUT2D eigenvalue weighted by atomic mass is 32.1. The molecule has 0 radical (unpaired) electrons. The number of quaternary nitrogens is 1. The van der Waals surface area contributed by atoms with Crippen molar-refractivity contribution in [1.29, 1.82) is 0 Å². The number of Topliss-reactive ketones (excluding diaryl/α,β-unsaturated/α-hetero) is 1. The second-order valence-corrected chi connectivity index (χ2v) is 7.32. The Hall–Kier alpha value is -1.98. The molecule has 2 heterocycles. The van der Waals surface area contributed by atoms with E-state index in [0.717, 1.165) is 31.5 Å². The Kier molecular flexibility index (Phi) is 5.77. The Morgan fingerprint density at radius 3 is 2.50 bits per heavy atom. The highest BCUT2D eigenvalue weighted by Gasteiger charge is 2.28. The molecule has 1 aliphatic rings. The van der Waals surface area contributed by atoms with Crippen molar-refractivity contribution in [2.45, 2.75) is 19.4 Å². The number of amides is 1. The van der Waals surface area contributed by atoms with Gasteiger partial charge in [0.1, 0.15) is 0 Å². The minimum absolute atomic E-state index is 0.0891. The molecule has 0 saturated carbocycles. The number of piperidine rings is 1. The van der Waals surface area contributed by atoms with Crippen molar-refractivity contribution in [3.05, 3.63) is 58.3 Å². The molecule has 24 heavy (non-hydrogen) atoms. The molecule has 1 saturated heterocycles. The maximum absolute atomic E-state index is 12.5. The van der Waals surface area contributed by atoms with Crippen LogP contribution < -0.4 is 10.2 Å². The van der Waals surface area contributed by atoms with Crippen LogP contribution in [-0.4, -0.2) is 31.3 Å². The molecule has 1 aromatic carbocycles. The lowest BCUT2D eigenvalue weighted by atomic mass is 9.89. The Morgan fingerprint density at radius 2 is 1.83 bits per heavy atom. The summed E-state index contributed by atoms with van der Waals surface area (Å²) in [7, 11) is 0. The minimum atomic E-state index is 0.0891. The molecule has 0 aliphatic carbocycles. The zero-order valence-electron chi connectivity index (χ0n) is 13.7. The van der Waals surface area contributed by atoms with E-state index in [1.54, 1.807) is 11.3 Å². The van der Waals surface area contributed by atoms with Gasteiger partial charge < -0.3 is 10.2 Å². The van der Waals surface area contributed by atoms with E-state index in [1.165, 1.54) is 9.78 Å².